The van der Waals surface area contributed by atoms with Crippen molar-refractivity contribution in [3.8, 4) is 11.5 Å². The highest BCUT2D eigenvalue weighted by molar-refractivity contribution is 6.01. The van der Waals surface area contributed by atoms with Gasteiger partial charge in [0.25, 0.3) is 0 Å². The Hall–Kier alpha value is -1.55. The highest BCUT2D eigenvalue weighted by atomic mass is 16.3. The predicted octanol–water partition coefficient (Wildman–Crippen LogP) is 1.05. The first-order chi connectivity index (χ1) is 6.52. The highest BCUT2D eigenvalue weighted by Crippen LogP contribution is 2.27. The van der Waals surface area contributed by atoms with Gasteiger partial charge in [0.05, 0.1) is 6.10 Å². The standard InChI is InChI=1S/C10H12O4/c1-6(11)5-9(14)10-7(12)3-2-4-8(10)13/h2-4,6,11-13H,5H2,1H3/t6-/m0/s1. The van der Waals surface area contributed by atoms with Crippen molar-refractivity contribution in [2.24, 2.45) is 0 Å². The fourth-order valence-corrected chi connectivity index (χ4v) is 1.18. The van der Waals surface area contributed by atoms with Crippen LogP contribution in [0.2, 0.25) is 0 Å². The average molecular weight is 196 g/mol. The zero-order valence-corrected chi connectivity index (χ0v) is 7.77. The summed E-state index contributed by atoms with van der Waals surface area (Å²) in [6.07, 6.45) is -0.910. The third-order valence-electron chi connectivity index (χ3n) is 1.78. The topological polar surface area (TPSA) is 77.8 Å². The molecule has 0 aliphatic heterocycles. The van der Waals surface area contributed by atoms with E-state index in [2.05, 4.69) is 0 Å². The number of phenolic OH excluding ortho intramolecular Hbond substituents is 2. The summed E-state index contributed by atoms with van der Waals surface area (Å²) in [6.45, 7) is 1.47. The summed E-state index contributed by atoms with van der Waals surface area (Å²) in [7, 11) is 0. The molecule has 0 saturated heterocycles. The molecular formula is C10H12O4. The van der Waals surface area contributed by atoms with Crippen LogP contribution in [0.4, 0.5) is 0 Å². The molecule has 1 atom stereocenters. The number of ketones is 1. The van der Waals surface area contributed by atoms with Crippen LogP contribution in [0.15, 0.2) is 18.2 Å². The van der Waals surface area contributed by atoms with Crippen LogP contribution in [-0.2, 0) is 0 Å². The Balaban J connectivity index is 3.00. The molecule has 0 spiro atoms. The number of carbonyl (C=O) groups is 1. The van der Waals surface area contributed by atoms with Gasteiger partial charge in [0, 0.05) is 6.42 Å². The van der Waals surface area contributed by atoms with E-state index in [1.165, 1.54) is 25.1 Å². The molecule has 0 aromatic heterocycles. The minimum absolute atomic E-state index is 0.120. The quantitative estimate of drug-likeness (QED) is 0.631. The molecular weight excluding hydrogens is 184 g/mol. The fourth-order valence-electron chi connectivity index (χ4n) is 1.18. The summed E-state index contributed by atoms with van der Waals surface area (Å²) in [6, 6.07) is 4.06. The second kappa shape index (κ2) is 4.11. The number of benzene rings is 1. The van der Waals surface area contributed by atoms with Gasteiger partial charge >= 0.3 is 0 Å². The summed E-state index contributed by atoms with van der Waals surface area (Å²) < 4.78 is 0. The Morgan fingerprint density at radius 1 is 1.36 bits per heavy atom. The number of aliphatic hydroxyl groups excluding tert-OH is 1. The van der Waals surface area contributed by atoms with Crippen LogP contribution in [0.25, 0.3) is 0 Å². The van der Waals surface area contributed by atoms with Gasteiger partial charge in [-0.25, -0.2) is 0 Å². The number of aromatic hydroxyl groups is 2. The lowest BCUT2D eigenvalue weighted by molar-refractivity contribution is 0.0896. The van der Waals surface area contributed by atoms with E-state index >= 15 is 0 Å². The SMILES string of the molecule is C[C@H](O)CC(=O)c1c(O)cccc1O. The van der Waals surface area contributed by atoms with Gasteiger partial charge in [-0.2, -0.15) is 0 Å². The van der Waals surface area contributed by atoms with Crippen LogP contribution in [0, 0.1) is 0 Å². The predicted molar refractivity (Wildman–Crippen MR) is 50.4 cm³/mol. The van der Waals surface area contributed by atoms with Gasteiger partial charge in [-0.1, -0.05) is 6.07 Å². The van der Waals surface area contributed by atoms with Gasteiger partial charge in [0.2, 0.25) is 0 Å². The molecule has 4 heteroatoms. The maximum absolute atomic E-state index is 11.4. The molecule has 3 N–H and O–H groups in total. The molecule has 0 aliphatic carbocycles. The summed E-state index contributed by atoms with van der Waals surface area (Å²) in [5.41, 5.74) is -0.131. The van der Waals surface area contributed by atoms with Crippen molar-refractivity contribution in [3.63, 3.8) is 0 Å². The van der Waals surface area contributed by atoms with E-state index in [9.17, 15) is 15.0 Å². The minimum Gasteiger partial charge on any atom is -0.507 e. The Morgan fingerprint density at radius 3 is 2.29 bits per heavy atom. The molecule has 0 bridgehead atoms. The molecule has 1 aromatic carbocycles. The lowest BCUT2D eigenvalue weighted by Crippen LogP contribution is -2.09. The van der Waals surface area contributed by atoms with Gasteiger partial charge in [-0.05, 0) is 19.1 Å². The third-order valence-corrected chi connectivity index (χ3v) is 1.78. The first-order valence-electron chi connectivity index (χ1n) is 4.24. The van der Waals surface area contributed by atoms with Crippen molar-refractivity contribution in [2.45, 2.75) is 19.4 Å². The number of rotatable bonds is 3. The normalized spacial score (nSPS) is 12.4. The molecule has 0 amide bonds. The summed E-state index contributed by atoms with van der Waals surface area (Å²) in [5, 5.41) is 27.6. The van der Waals surface area contributed by atoms with Crippen molar-refractivity contribution in [1.82, 2.24) is 0 Å². The van der Waals surface area contributed by atoms with Crippen molar-refractivity contribution in [2.75, 3.05) is 0 Å². The lowest BCUT2D eigenvalue weighted by atomic mass is 10.0. The fraction of sp³-hybridized carbons (Fsp3) is 0.300. The van der Waals surface area contributed by atoms with Crippen molar-refractivity contribution >= 4 is 5.78 Å². The molecule has 0 unspecified atom stereocenters. The van der Waals surface area contributed by atoms with E-state index in [0.29, 0.717) is 0 Å². The Bertz CT molecular complexity index is 324. The second-order valence-corrected chi connectivity index (χ2v) is 3.15. The number of phenols is 2. The Labute approximate surface area is 81.4 Å². The number of hydrogen-bond acceptors (Lipinski definition) is 4. The van der Waals surface area contributed by atoms with E-state index in [-0.39, 0.29) is 23.5 Å². The van der Waals surface area contributed by atoms with Crippen LogP contribution < -0.4 is 0 Å². The van der Waals surface area contributed by atoms with Crippen LogP contribution in [0.1, 0.15) is 23.7 Å². The molecule has 0 fully saturated rings. The molecule has 76 valence electrons. The van der Waals surface area contributed by atoms with Crippen LogP contribution in [-0.4, -0.2) is 27.2 Å². The summed E-state index contributed by atoms with van der Waals surface area (Å²) >= 11 is 0. The van der Waals surface area contributed by atoms with Crippen molar-refractivity contribution in [3.05, 3.63) is 23.8 Å². The Morgan fingerprint density at radius 2 is 1.86 bits per heavy atom. The lowest BCUT2D eigenvalue weighted by Gasteiger charge is -2.07. The molecule has 0 radical (unpaired) electrons. The number of aliphatic hydroxyl groups is 1. The van der Waals surface area contributed by atoms with Crippen LogP contribution >= 0.6 is 0 Å². The average Bonchev–Trinajstić information content (AvgIpc) is 2.01. The highest BCUT2D eigenvalue weighted by Gasteiger charge is 2.17. The molecule has 1 aromatic rings. The molecule has 0 heterocycles. The monoisotopic (exact) mass is 196 g/mol. The van der Waals surface area contributed by atoms with E-state index in [4.69, 9.17) is 5.11 Å². The number of hydrogen-bond donors (Lipinski definition) is 3. The third kappa shape index (κ3) is 2.23. The van der Waals surface area contributed by atoms with E-state index in [0.717, 1.165) is 0 Å². The molecule has 1 rings (SSSR count). The van der Waals surface area contributed by atoms with Gasteiger partial charge in [-0.15, -0.1) is 0 Å². The summed E-state index contributed by atoms with van der Waals surface area (Å²) in [4.78, 5) is 11.4. The first kappa shape index (κ1) is 10.5. The summed E-state index contributed by atoms with van der Waals surface area (Å²) in [5.74, 6) is -1.01. The first-order valence-corrected chi connectivity index (χ1v) is 4.24. The van der Waals surface area contributed by atoms with Crippen molar-refractivity contribution in [1.29, 1.82) is 0 Å². The molecule has 14 heavy (non-hydrogen) atoms. The van der Waals surface area contributed by atoms with Crippen LogP contribution in [0.5, 0.6) is 11.5 Å². The van der Waals surface area contributed by atoms with E-state index < -0.39 is 11.9 Å². The van der Waals surface area contributed by atoms with Gasteiger partial charge < -0.3 is 15.3 Å². The zero-order chi connectivity index (χ0) is 10.7. The van der Waals surface area contributed by atoms with Gasteiger partial charge in [0.1, 0.15) is 17.1 Å². The van der Waals surface area contributed by atoms with E-state index in [1.54, 1.807) is 0 Å². The Kier molecular flexibility index (Phi) is 3.09. The van der Waals surface area contributed by atoms with E-state index in [1.807, 2.05) is 0 Å². The molecule has 4 nitrogen and oxygen atoms in total. The largest absolute Gasteiger partial charge is 0.507 e. The maximum atomic E-state index is 11.4. The van der Waals surface area contributed by atoms with Gasteiger partial charge in [-0.3, -0.25) is 4.79 Å². The minimum atomic E-state index is -0.790. The maximum Gasteiger partial charge on any atom is 0.172 e. The number of carbonyl (C=O) groups excluding carboxylic acids is 1. The van der Waals surface area contributed by atoms with Crippen molar-refractivity contribution < 1.29 is 20.1 Å². The molecule has 0 aliphatic rings. The smallest absolute Gasteiger partial charge is 0.172 e. The zero-order valence-electron chi connectivity index (χ0n) is 7.77. The second-order valence-electron chi connectivity index (χ2n) is 3.15. The molecule has 0 saturated carbocycles. The van der Waals surface area contributed by atoms with Gasteiger partial charge in [0.15, 0.2) is 5.78 Å². The number of Topliss-reactive ketones (excluding diaryl/α,β-unsaturated/α-hetero) is 1. The van der Waals surface area contributed by atoms with Crippen LogP contribution in [0.3, 0.4) is 0 Å².